The van der Waals surface area contributed by atoms with E-state index in [1.165, 1.54) is 0 Å². The van der Waals surface area contributed by atoms with E-state index in [1.54, 1.807) is 24.3 Å². The Labute approximate surface area is 111 Å². The lowest BCUT2D eigenvalue weighted by Crippen LogP contribution is -2.26. The van der Waals surface area contributed by atoms with Crippen LogP contribution >= 0.6 is 0 Å². The maximum Gasteiger partial charge on any atom is 0.257 e. The molecule has 0 amide bonds. The number of hydrogen-bond acceptors (Lipinski definition) is 6. The van der Waals surface area contributed by atoms with E-state index in [0.717, 1.165) is 5.56 Å². The lowest BCUT2D eigenvalue weighted by atomic mass is 10.1. The first-order valence-electron chi connectivity index (χ1n) is 5.84. The summed E-state index contributed by atoms with van der Waals surface area (Å²) < 4.78 is 5.18. The molecular weight excluding hydrogens is 242 g/mol. The first-order valence-corrected chi connectivity index (χ1v) is 5.84. The van der Waals surface area contributed by atoms with Crippen molar-refractivity contribution in [3.05, 3.63) is 35.7 Å². The molecule has 1 heterocycles. The molecule has 19 heavy (non-hydrogen) atoms. The van der Waals surface area contributed by atoms with Gasteiger partial charge >= 0.3 is 0 Å². The number of hydrogen-bond donors (Lipinski definition) is 1. The average Bonchev–Trinajstić information content (AvgIpc) is 2.88. The Balaban J connectivity index is 2.18. The zero-order valence-corrected chi connectivity index (χ0v) is 10.9. The van der Waals surface area contributed by atoms with Crippen LogP contribution in [0.2, 0.25) is 0 Å². The molecule has 0 spiro atoms. The number of nitrogens with two attached hydrogens (primary N) is 1. The Kier molecular flexibility index (Phi) is 3.90. The van der Waals surface area contributed by atoms with Crippen LogP contribution in [-0.2, 0) is 0 Å². The fraction of sp³-hybridized carbons (Fsp3) is 0.308. The molecule has 1 aromatic carbocycles. The van der Waals surface area contributed by atoms with Gasteiger partial charge in [0.15, 0.2) is 5.82 Å². The number of likely N-dealkylation sites (N-methyl/N-ethyl adjacent to an activating group) is 1. The molecule has 0 aliphatic rings. The Hall–Kier alpha value is -2.23. The summed E-state index contributed by atoms with van der Waals surface area (Å²) in [6.07, 6.45) is 0. The highest BCUT2D eigenvalue weighted by Crippen LogP contribution is 2.19. The van der Waals surface area contributed by atoms with Gasteiger partial charge in [0.25, 0.3) is 5.89 Å². The van der Waals surface area contributed by atoms with E-state index in [4.69, 9.17) is 15.5 Å². The summed E-state index contributed by atoms with van der Waals surface area (Å²) in [5.74, 6) is 0.891. The molecular formula is C13H15N5O. The van der Waals surface area contributed by atoms with Gasteiger partial charge in [-0.25, -0.2) is 0 Å². The van der Waals surface area contributed by atoms with Gasteiger partial charge in [0.2, 0.25) is 0 Å². The number of rotatable bonds is 4. The van der Waals surface area contributed by atoms with Gasteiger partial charge in [0.05, 0.1) is 17.7 Å². The van der Waals surface area contributed by atoms with Crippen LogP contribution < -0.4 is 5.73 Å². The van der Waals surface area contributed by atoms with Gasteiger partial charge in [-0.05, 0) is 38.4 Å². The topological polar surface area (TPSA) is 92.0 Å². The largest absolute Gasteiger partial charge is 0.334 e. The van der Waals surface area contributed by atoms with Gasteiger partial charge in [0.1, 0.15) is 0 Å². The normalized spacial score (nSPS) is 12.4. The molecule has 98 valence electrons. The molecule has 1 atom stereocenters. The third-order valence-electron chi connectivity index (χ3n) is 2.60. The fourth-order valence-corrected chi connectivity index (χ4v) is 1.67. The molecule has 0 saturated carbocycles. The van der Waals surface area contributed by atoms with Crippen LogP contribution in [0.25, 0.3) is 11.5 Å². The second-order valence-electron chi connectivity index (χ2n) is 4.52. The summed E-state index contributed by atoms with van der Waals surface area (Å²) >= 11 is 0. The van der Waals surface area contributed by atoms with Gasteiger partial charge in [-0.1, -0.05) is 5.16 Å². The van der Waals surface area contributed by atoms with Crippen molar-refractivity contribution in [3.63, 3.8) is 0 Å². The molecule has 0 aliphatic carbocycles. The van der Waals surface area contributed by atoms with Crippen molar-refractivity contribution in [1.29, 1.82) is 5.26 Å². The van der Waals surface area contributed by atoms with Gasteiger partial charge in [-0.3, -0.25) is 0 Å². The van der Waals surface area contributed by atoms with Crippen LogP contribution in [0, 0.1) is 11.3 Å². The highest BCUT2D eigenvalue weighted by atomic mass is 16.5. The lowest BCUT2D eigenvalue weighted by molar-refractivity contribution is 0.357. The van der Waals surface area contributed by atoms with Gasteiger partial charge in [0, 0.05) is 12.1 Å². The predicted molar refractivity (Wildman–Crippen MR) is 69.9 cm³/mol. The lowest BCUT2D eigenvalue weighted by Gasteiger charge is -2.12. The van der Waals surface area contributed by atoms with E-state index in [9.17, 15) is 0 Å². The first kappa shape index (κ1) is 13.2. The van der Waals surface area contributed by atoms with E-state index in [0.29, 0.717) is 23.8 Å². The van der Waals surface area contributed by atoms with E-state index in [-0.39, 0.29) is 6.04 Å². The summed E-state index contributed by atoms with van der Waals surface area (Å²) in [5.41, 5.74) is 7.33. The zero-order valence-electron chi connectivity index (χ0n) is 10.9. The first-order chi connectivity index (χ1) is 9.10. The van der Waals surface area contributed by atoms with E-state index >= 15 is 0 Å². The Morgan fingerprint density at radius 3 is 2.63 bits per heavy atom. The van der Waals surface area contributed by atoms with Crippen molar-refractivity contribution in [2.75, 3.05) is 20.6 Å². The Bertz CT molecular complexity index is 582. The summed E-state index contributed by atoms with van der Waals surface area (Å²) in [7, 11) is 3.86. The third kappa shape index (κ3) is 3.16. The monoisotopic (exact) mass is 257 g/mol. The number of aromatic nitrogens is 2. The standard InChI is InChI=1S/C13H15N5O/c1-18(2)8-11(15)12-16-13(19-17-12)10-5-3-9(7-14)4-6-10/h3-6,11H,8,15H2,1-2H3. The van der Waals surface area contributed by atoms with Crippen molar-refractivity contribution >= 4 is 0 Å². The molecule has 0 aliphatic heterocycles. The van der Waals surface area contributed by atoms with Crippen LogP contribution in [0.15, 0.2) is 28.8 Å². The van der Waals surface area contributed by atoms with Crippen molar-refractivity contribution in [2.45, 2.75) is 6.04 Å². The molecule has 0 radical (unpaired) electrons. The molecule has 2 N–H and O–H groups in total. The Morgan fingerprint density at radius 2 is 2.05 bits per heavy atom. The van der Waals surface area contributed by atoms with Gasteiger partial charge in [-0.15, -0.1) is 0 Å². The second kappa shape index (κ2) is 5.61. The molecule has 1 unspecified atom stereocenters. The van der Waals surface area contributed by atoms with Crippen LogP contribution in [0.1, 0.15) is 17.4 Å². The fourth-order valence-electron chi connectivity index (χ4n) is 1.67. The minimum absolute atomic E-state index is 0.286. The number of nitriles is 1. The highest BCUT2D eigenvalue weighted by Gasteiger charge is 2.15. The van der Waals surface area contributed by atoms with Gasteiger partial charge in [-0.2, -0.15) is 10.2 Å². The predicted octanol–water partition coefficient (Wildman–Crippen LogP) is 1.17. The van der Waals surface area contributed by atoms with Crippen LogP contribution in [0.3, 0.4) is 0 Å². The SMILES string of the molecule is CN(C)CC(N)c1noc(-c2ccc(C#N)cc2)n1. The minimum atomic E-state index is -0.286. The van der Waals surface area contributed by atoms with Gasteiger partial charge < -0.3 is 15.2 Å². The number of nitrogens with zero attached hydrogens (tertiary/aromatic N) is 4. The zero-order chi connectivity index (χ0) is 13.8. The van der Waals surface area contributed by atoms with Crippen LogP contribution in [0.5, 0.6) is 0 Å². The van der Waals surface area contributed by atoms with Crippen LogP contribution in [0.4, 0.5) is 0 Å². The number of benzene rings is 1. The van der Waals surface area contributed by atoms with E-state index in [1.807, 2.05) is 19.0 Å². The van der Waals surface area contributed by atoms with Crippen molar-refractivity contribution in [3.8, 4) is 17.5 Å². The average molecular weight is 257 g/mol. The summed E-state index contributed by atoms with van der Waals surface area (Å²) in [5, 5.41) is 12.6. The van der Waals surface area contributed by atoms with Crippen molar-refractivity contribution < 1.29 is 4.52 Å². The minimum Gasteiger partial charge on any atom is -0.334 e. The summed E-state index contributed by atoms with van der Waals surface area (Å²) in [4.78, 5) is 6.24. The maximum atomic E-state index is 8.74. The van der Waals surface area contributed by atoms with Crippen molar-refractivity contribution in [2.24, 2.45) is 5.73 Å². The third-order valence-corrected chi connectivity index (χ3v) is 2.60. The molecule has 6 nitrogen and oxygen atoms in total. The molecule has 0 bridgehead atoms. The van der Waals surface area contributed by atoms with Crippen LogP contribution in [-0.4, -0.2) is 35.7 Å². The van der Waals surface area contributed by atoms with Crippen molar-refractivity contribution in [1.82, 2.24) is 15.0 Å². The quantitative estimate of drug-likeness (QED) is 0.883. The molecule has 2 rings (SSSR count). The summed E-state index contributed by atoms with van der Waals surface area (Å²) in [6.45, 7) is 0.645. The molecule has 0 saturated heterocycles. The highest BCUT2D eigenvalue weighted by molar-refractivity contribution is 5.54. The van der Waals surface area contributed by atoms with E-state index < -0.39 is 0 Å². The summed E-state index contributed by atoms with van der Waals surface area (Å²) in [6, 6.07) is 8.73. The molecule has 0 fully saturated rings. The molecule has 1 aromatic heterocycles. The molecule has 2 aromatic rings. The Morgan fingerprint density at radius 1 is 1.37 bits per heavy atom. The smallest absolute Gasteiger partial charge is 0.257 e. The molecule has 6 heteroatoms. The van der Waals surface area contributed by atoms with E-state index in [2.05, 4.69) is 16.2 Å². The second-order valence-corrected chi connectivity index (χ2v) is 4.52. The maximum absolute atomic E-state index is 8.74.